The summed E-state index contributed by atoms with van der Waals surface area (Å²) < 4.78 is 32.3. The number of ether oxygens (including phenoxy) is 1. The summed E-state index contributed by atoms with van der Waals surface area (Å²) in [5.74, 6) is -5.56. The van der Waals surface area contributed by atoms with Crippen LogP contribution in [0, 0.1) is 0 Å². The highest BCUT2D eigenvalue weighted by molar-refractivity contribution is 6.30. The third-order valence-corrected chi connectivity index (χ3v) is 3.28. The molecule has 22 heavy (non-hydrogen) atoms. The number of halogens is 4. The lowest BCUT2D eigenvalue weighted by atomic mass is 10.0. The molecule has 0 aliphatic rings. The zero-order valence-electron chi connectivity index (χ0n) is 11.6. The number of carbonyl (C=O) groups excluding carboxylic acids is 1. The first-order valence-corrected chi connectivity index (χ1v) is 6.61. The molecule has 2 N–H and O–H groups in total. The number of benzene rings is 1. The monoisotopic (exact) mass is 350 g/mol. The van der Waals surface area contributed by atoms with E-state index in [1.807, 2.05) is 0 Å². The molecule has 0 spiro atoms. The summed E-state index contributed by atoms with van der Waals surface area (Å²) in [7, 11) is 0. The summed E-state index contributed by atoms with van der Waals surface area (Å²) in [6.45, 7) is 1.27. The Balaban J connectivity index is 0.00000242. The molecule has 4 nitrogen and oxygen atoms in total. The molecule has 1 heterocycles. The van der Waals surface area contributed by atoms with Gasteiger partial charge in [-0.2, -0.15) is 8.78 Å². The third-order valence-electron chi connectivity index (χ3n) is 2.98. The van der Waals surface area contributed by atoms with Crippen molar-refractivity contribution in [2.45, 2.75) is 18.9 Å². The SMILES string of the molecule is CCOC(=O)C(F)(F)[C@H](N)c1cc2ccccc2nc1Cl.Cl. The molecule has 8 heteroatoms. The average Bonchev–Trinajstić information content (AvgIpc) is 2.46. The average molecular weight is 351 g/mol. The van der Waals surface area contributed by atoms with Crippen molar-refractivity contribution in [3.05, 3.63) is 41.0 Å². The molecule has 0 radical (unpaired) electrons. The van der Waals surface area contributed by atoms with E-state index in [1.54, 1.807) is 24.3 Å². The van der Waals surface area contributed by atoms with Crippen LogP contribution in [0.25, 0.3) is 10.9 Å². The first-order valence-electron chi connectivity index (χ1n) is 6.23. The van der Waals surface area contributed by atoms with E-state index in [0.717, 1.165) is 0 Å². The molecule has 120 valence electrons. The third kappa shape index (κ3) is 3.45. The maximum absolute atomic E-state index is 14.0. The molecule has 1 aromatic heterocycles. The number of pyridine rings is 1. The minimum atomic E-state index is -3.89. The molecule has 0 fully saturated rings. The van der Waals surface area contributed by atoms with Crippen LogP contribution in [-0.2, 0) is 9.53 Å². The van der Waals surface area contributed by atoms with Crippen molar-refractivity contribution >= 4 is 40.9 Å². The van der Waals surface area contributed by atoms with Gasteiger partial charge in [0.2, 0.25) is 0 Å². The Morgan fingerprint density at radius 3 is 2.73 bits per heavy atom. The minimum absolute atomic E-state index is 0. The highest BCUT2D eigenvalue weighted by Gasteiger charge is 2.48. The predicted octanol–water partition coefficient (Wildman–Crippen LogP) is 3.51. The van der Waals surface area contributed by atoms with Gasteiger partial charge in [-0.1, -0.05) is 29.8 Å². The number of carbonyl (C=O) groups is 1. The molecule has 0 saturated carbocycles. The smallest absolute Gasteiger partial charge is 0.379 e. The number of esters is 1. The van der Waals surface area contributed by atoms with E-state index in [9.17, 15) is 13.6 Å². The molecular formula is C14H14Cl2F2N2O2. The van der Waals surface area contributed by atoms with E-state index in [2.05, 4.69) is 9.72 Å². The van der Waals surface area contributed by atoms with Gasteiger partial charge in [0.25, 0.3) is 0 Å². The van der Waals surface area contributed by atoms with Gasteiger partial charge in [-0.15, -0.1) is 12.4 Å². The van der Waals surface area contributed by atoms with E-state index < -0.39 is 17.9 Å². The van der Waals surface area contributed by atoms with Crippen LogP contribution in [0.15, 0.2) is 30.3 Å². The standard InChI is InChI=1S/C14H13ClF2N2O2.ClH/c1-2-21-13(20)14(16,17)11(18)9-7-8-5-3-4-6-10(8)19-12(9)15;/h3-7,11H,2,18H2,1H3;1H/t11-;/m1./s1. The van der Waals surface area contributed by atoms with Crippen LogP contribution in [0.2, 0.25) is 5.15 Å². The molecular weight excluding hydrogens is 337 g/mol. The number of hydrogen-bond donors (Lipinski definition) is 1. The van der Waals surface area contributed by atoms with Crippen LogP contribution in [0.5, 0.6) is 0 Å². The number of para-hydroxylation sites is 1. The zero-order valence-corrected chi connectivity index (χ0v) is 13.1. The number of aromatic nitrogens is 1. The number of fused-ring (bicyclic) bond motifs is 1. The molecule has 0 bridgehead atoms. The molecule has 0 unspecified atom stereocenters. The van der Waals surface area contributed by atoms with Crippen molar-refractivity contribution in [2.24, 2.45) is 5.73 Å². The molecule has 2 rings (SSSR count). The largest absolute Gasteiger partial charge is 0.462 e. The van der Waals surface area contributed by atoms with Crippen LogP contribution < -0.4 is 5.73 Å². The Kier molecular flexibility index (Phi) is 6.05. The van der Waals surface area contributed by atoms with Gasteiger partial charge in [-0.3, -0.25) is 0 Å². The topological polar surface area (TPSA) is 65.2 Å². The number of nitrogens with two attached hydrogens (primary N) is 1. The first-order chi connectivity index (χ1) is 9.87. The summed E-state index contributed by atoms with van der Waals surface area (Å²) in [5, 5.41) is 0.442. The van der Waals surface area contributed by atoms with Crippen molar-refractivity contribution in [1.82, 2.24) is 4.98 Å². The van der Waals surface area contributed by atoms with E-state index >= 15 is 0 Å². The minimum Gasteiger partial charge on any atom is -0.462 e. The van der Waals surface area contributed by atoms with E-state index in [1.165, 1.54) is 13.0 Å². The van der Waals surface area contributed by atoms with Gasteiger partial charge in [0.05, 0.1) is 12.1 Å². The fourth-order valence-electron chi connectivity index (χ4n) is 1.88. The second-order valence-electron chi connectivity index (χ2n) is 4.38. The molecule has 0 aliphatic carbocycles. The van der Waals surface area contributed by atoms with Gasteiger partial charge in [-0.05, 0) is 19.1 Å². The van der Waals surface area contributed by atoms with Gasteiger partial charge in [-0.25, -0.2) is 9.78 Å². The maximum Gasteiger partial charge on any atom is 0.379 e. The van der Waals surface area contributed by atoms with Gasteiger partial charge in [0.1, 0.15) is 11.2 Å². The van der Waals surface area contributed by atoms with Gasteiger partial charge >= 0.3 is 11.9 Å². The fourth-order valence-corrected chi connectivity index (χ4v) is 2.14. The fraction of sp³-hybridized carbons (Fsp3) is 0.286. The van der Waals surface area contributed by atoms with Crippen LogP contribution in [0.1, 0.15) is 18.5 Å². The number of rotatable bonds is 4. The highest BCUT2D eigenvalue weighted by atomic mass is 35.5. The van der Waals surface area contributed by atoms with Crippen LogP contribution >= 0.6 is 24.0 Å². The predicted molar refractivity (Wildman–Crippen MR) is 82.5 cm³/mol. The van der Waals surface area contributed by atoms with Crippen LogP contribution in [0.4, 0.5) is 8.78 Å². The Morgan fingerprint density at radius 2 is 2.09 bits per heavy atom. The van der Waals surface area contributed by atoms with Gasteiger partial charge < -0.3 is 10.5 Å². The summed E-state index contributed by atoms with van der Waals surface area (Å²) in [4.78, 5) is 15.4. The van der Waals surface area contributed by atoms with E-state index in [-0.39, 0.29) is 29.7 Å². The lowest BCUT2D eigenvalue weighted by Crippen LogP contribution is -2.42. The van der Waals surface area contributed by atoms with Crippen molar-refractivity contribution in [1.29, 1.82) is 0 Å². The normalized spacial score (nSPS) is 12.6. The quantitative estimate of drug-likeness (QED) is 0.676. The molecule has 0 saturated heterocycles. The second-order valence-corrected chi connectivity index (χ2v) is 4.74. The van der Waals surface area contributed by atoms with Crippen molar-refractivity contribution < 1.29 is 18.3 Å². The van der Waals surface area contributed by atoms with E-state index in [4.69, 9.17) is 17.3 Å². The molecule has 2 aromatic rings. The van der Waals surface area contributed by atoms with E-state index in [0.29, 0.717) is 10.9 Å². The summed E-state index contributed by atoms with van der Waals surface area (Å²) in [6, 6.07) is 6.34. The van der Waals surface area contributed by atoms with Gasteiger partial charge in [0.15, 0.2) is 0 Å². The molecule has 1 aromatic carbocycles. The number of hydrogen-bond acceptors (Lipinski definition) is 4. The number of nitrogens with zero attached hydrogens (tertiary/aromatic N) is 1. The van der Waals surface area contributed by atoms with Crippen LogP contribution in [-0.4, -0.2) is 23.5 Å². The van der Waals surface area contributed by atoms with Crippen molar-refractivity contribution in [3.63, 3.8) is 0 Å². The van der Waals surface area contributed by atoms with Crippen LogP contribution in [0.3, 0.4) is 0 Å². The van der Waals surface area contributed by atoms with Crippen molar-refractivity contribution in [2.75, 3.05) is 6.61 Å². The summed E-state index contributed by atoms with van der Waals surface area (Å²) in [6.07, 6.45) is 0. The first kappa shape index (κ1) is 18.5. The molecule has 0 aliphatic heterocycles. The molecule has 1 atom stereocenters. The Labute approximate surface area is 137 Å². The van der Waals surface area contributed by atoms with Crippen molar-refractivity contribution in [3.8, 4) is 0 Å². The Morgan fingerprint density at radius 1 is 1.45 bits per heavy atom. The molecule has 0 amide bonds. The number of alkyl halides is 2. The summed E-state index contributed by atoms with van der Waals surface area (Å²) >= 11 is 5.91. The lowest BCUT2D eigenvalue weighted by Gasteiger charge is -2.22. The lowest BCUT2D eigenvalue weighted by molar-refractivity contribution is -0.174. The summed E-state index contributed by atoms with van der Waals surface area (Å²) in [5.41, 5.74) is 5.97. The Hall–Kier alpha value is -1.50. The Bertz CT molecular complexity index is 683. The highest BCUT2D eigenvalue weighted by Crippen LogP contribution is 2.35. The maximum atomic E-state index is 14.0. The second kappa shape index (κ2) is 7.17. The zero-order chi connectivity index (χ0) is 15.6. The van der Waals surface area contributed by atoms with Gasteiger partial charge in [0, 0.05) is 10.9 Å².